The fraction of sp³-hybridized carbons (Fsp3) is 0.200. The maximum Gasteiger partial charge on any atom is 0.154 e. The Kier molecular flexibility index (Phi) is 3.44. The molecule has 0 aliphatic heterocycles. The van der Waals surface area contributed by atoms with Crippen molar-refractivity contribution in [1.82, 2.24) is 14.6 Å². The maximum absolute atomic E-state index is 5.65. The molecule has 0 saturated heterocycles. The van der Waals surface area contributed by atoms with Gasteiger partial charge >= 0.3 is 0 Å². The van der Waals surface area contributed by atoms with Crippen LogP contribution >= 0.6 is 15.9 Å². The van der Waals surface area contributed by atoms with Gasteiger partial charge in [-0.25, -0.2) is 9.50 Å². The van der Waals surface area contributed by atoms with Crippen LogP contribution in [0.2, 0.25) is 0 Å². The standard InChI is InChI=1S/C15H14BrN3O/c1-10(2)20-12-5-3-11(4-6-12)13-9-17-15-8-7-14(16)18-19(13)15/h3-10H,1-2H3. The minimum atomic E-state index is 0.175. The lowest BCUT2D eigenvalue weighted by Crippen LogP contribution is -2.05. The molecule has 20 heavy (non-hydrogen) atoms. The van der Waals surface area contributed by atoms with Crippen molar-refractivity contribution in [2.24, 2.45) is 0 Å². The highest BCUT2D eigenvalue weighted by Gasteiger charge is 2.08. The Labute approximate surface area is 125 Å². The van der Waals surface area contributed by atoms with E-state index >= 15 is 0 Å². The zero-order chi connectivity index (χ0) is 14.1. The number of aromatic nitrogens is 3. The molecule has 2 aromatic heterocycles. The summed E-state index contributed by atoms with van der Waals surface area (Å²) in [6, 6.07) is 11.8. The van der Waals surface area contributed by atoms with E-state index in [9.17, 15) is 0 Å². The molecule has 0 N–H and O–H groups in total. The molecule has 1 aromatic carbocycles. The van der Waals surface area contributed by atoms with Crippen molar-refractivity contribution in [3.63, 3.8) is 0 Å². The summed E-state index contributed by atoms with van der Waals surface area (Å²) in [6.45, 7) is 4.03. The second kappa shape index (κ2) is 5.25. The number of fused-ring (bicyclic) bond motifs is 1. The van der Waals surface area contributed by atoms with E-state index in [1.165, 1.54) is 0 Å². The van der Waals surface area contributed by atoms with Crippen LogP contribution in [0, 0.1) is 0 Å². The van der Waals surface area contributed by atoms with Gasteiger partial charge in [-0.15, -0.1) is 0 Å². The molecule has 0 unspecified atom stereocenters. The van der Waals surface area contributed by atoms with E-state index in [0.29, 0.717) is 0 Å². The lowest BCUT2D eigenvalue weighted by molar-refractivity contribution is 0.242. The summed E-state index contributed by atoms with van der Waals surface area (Å²) in [6.07, 6.45) is 2.00. The van der Waals surface area contributed by atoms with E-state index in [4.69, 9.17) is 4.74 Å². The third-order valence-corrected chi connectivity index (χ3v) is 3.27. The highest BCUT2D eigenvalue weighted by Crippen LogP contribution is 2.24. The Balaban J connectivity index is 2.00. The first kappa shape index (κ1) is 13.1. The molecule has 0 radical (unpaired) electrons. The smallest absolute Gasteiger partial charge is 0.154 e. The Morgan fingerprint density at radius 3 is 2.55 bits per heavy atom. The molecule has 0 amide bonds. The minimum absolute atomic E-state index is 0.175. The molecule has 0 aliphatic carbocycles. The number of benzene rings is 1. The SMILES string of the molecule is CC(C)Oc1ccc(-c2cnc3ccc(Br)nn23)cc1. The van der Waals surface area contributed by atoms with Crippen molar-refractivity contribution in [2.75, 3.05) is 0 Å². The molecule has 5 heteroatoms. The Morgan fingerprint density at radius 2 is 1.85 bits per heavy atom. The van der Waals surface area contributed by atoms with E-state index in [1.54, 1.807) is 0 Å². The number of ether oxygens (including phenoxy) is 1. The van der Waals surface area contributed by atoms with Crippen LogP contribution in [0.4, 0.5) is 0 Å². The normalized spacial score (nSPS) is 11.2. The third kappa shape index (κ3) is 2.54. The van der Waals surface area contributed by atoms with Gasteiger partial charge < -0.3 is 4.74 Å². The largest absolute Gasteiger partial charge is 0.491 e. The van der Waals surface area contributed by atoms with Crippen LogP contribution in [0.1, 0.15) is 13.8 Å². The topological polar surface area (TPSA) is 39.4 Å². The van der Waals surface area contributed by atoms with Gasteiger partial charge in [0.05, 0.1) is 18.0 Å². The Hall–Kier alpha value is -1.88. The average molecular weight is 332 g/mol. The van der Waals surface area contributed by atoms with Crippen molar-refractivity contribution in [1.29, 1.82) is 0 Å². The summed E-state index contributed by atoms with van der Waals surface area (Å²) in [7, 11) is 0. The summed E-state index contributed by atoms with van der Waals surface area (Å²) < 4.78 is 8.25. The van der Waals surface area contributed by atoms with Gasteiger partial charge in [0.1, 0.15) is 10.4 Å². The number of nitrogens with zero attached hydrogens (tertiary/aromatic N) is 3. The summed E-state index contributed by atoms with van der Waals surface area (Å²) in [5.74, 6) is 0.867. The molecule has 0 aliphatic rings. The molecule has 3 aromatic rings. The first-order chi connectivity index (χ1) is 9.63. The third-order valence-electron chi connectivity index (χ3n) is 2.85. The van der Waals surface area contributed by atoms with Crippen LogP contribution in [0.5, 0.6) is 5.75 Å². The predicted molar refractivity (Wildman–Crippen MR) is 81.9 cm³/mol. The van der Waals surface area contributed by atoms with E-state index in [1.807, 2.05) is 61.0 Å². The number of hydrogen-bond donors (Lipinski definition) is 0. The van der Waals surface area contributed by atoms with Crippen molar-refractivity contribution in [2.45, 2.75) is 20.0 Å². The van der Waals surface area contributed by atoms with Crippen LogP contribution in [-0.2, 0) is 0 Å². The van der Waals surface area contributed by atoms with Gasteiger partial charge in [0.2, 0.25) is 0 Å². The second-order valence-corrected chi connectivity index (χ2v) is 5.57. The van der Waals surface area contributed by atoms with Gasteiger partial charge in [-0.05, 0) is 66.2 Å². The quantitative estimate of drug-likeness (QED) is 0.729. The van der Waals surface area contributed by atoms with Crippen LogP contribution in [0.15, 0.2) is 47.2 Å². The molecule has 2 heterocycles. The summed E-state index contributed by atoms with van der Waals surface area (Å²) in [4.78, 5) is 4.36. The van der Waals surface area contributed by atoms with Crippen molar-refractivity contribution in [3.05, 3.63) is 47.2 Å². The Bertz CT molecular complexity index is 734. The van der Waals surface area contributed by atoms with Crippen LogP contribution in [-0.4, -0.2) is 20.7 Å². The number of halogens is 1. The molecular weight excluding hydrogens is 318 g/mol. The minimum Gasteiger partial charge on any atom is -0.491 e. The molecule has 0 fully saturated rings. The van der Waals surface area contributed by atoms with E-state index in [2.05, 4.69) is 26.0 Å². The van der Waals surface area contributed by atoms with Gasteiger partial charge in [0.25, 0.3) is 0 Å². The second-order valence-electron chi connectivity index (χ2n) is 4.76. The van der Waals surface area contributed by atoms with E-state index < -0.39 is 0 Å². The molecule has 3 rings (SSSR count). The summed E-state index contributed by atoms with van der Waals surface area (Å²) in [5, 5.41) is 4.42. The molecule has 0 bridgehead atoms. The lowest BCUT2D eigenvalue weighted by atomic mass is 10.1. The molecule has 0 saturated carbocycles. The van der Waals surface area contributed by atoms with Gasteiger partial charge in [0.15, 0.2) is 5.65 Å². The zero-order valence-corrected chi connectivity index (χ0v) is 12.8. The van der Waals surface area contributed by atoms with Crippen molar-refractivity contribution < 1.29 is 4.74 Å². The fourth-order valence-corrected chi connectivity index (χ4v) is 2.31. The molecule has 102 valence electrons. The van der Waals surface area contributed by atoms with Crippen LogP contribution < -0.4 is 4.74 Å². The lowest BCUT2D eigenvalue weighted by Gasteiger charge is -2.09. The number of imidazole rings is 1. The summed E-state index contributed by atoms with van der Waals surface area (Å²) in [5.41, 5.74) is 2.84. The molecular formula is C15H14BrN3O. The van der Waals surface area contributed by atoms with Gasteiger partial charge in [-0.2, -0.15) is 5.10 Å². The molecule has 4 nitrogen and oxygen atoms in total. The van der Waals surface area contributed by atoms with Crippen molar-refractivity contribution in [3.8, 4) is 17.0 Å². The monoisotopic (exact) mass is 331 g/mol. The average Bonchev–Trinajstić information content (AvgIpc) is 2.82. The maximum atomic E-state index is 5.65. The van der Waals surface area contributed by atoms with Crippen molar-refractivity contribution >= 4 is 21.6 Å². The van der Waals surface area contributed by atoms with Gasteiger partial charge in [0, 0.05) is 5.56 Å². The zero-order valence-electron chi connectivity index (χ0n) is 11.2. The summed E-state index contributed by atoms with van der Waals surface area (Å²) >= 11 is 3.38. The van der Waals surface area contributed by atoms with Crippen LogP contribution in [0.3, 0.4) is 0 Å². The number of hydrogen-bond acceptors (Lipinski definition) is 3. The highest BCUT2D eigenvalue weighted by molar-refractivity contribution is 9.10. The molecule has 0 atom stereocenters. The highest BCUT2D eigenvalue weighted by atomic mass is 79.9. The Morgan fingerprint density at radius 1 is 1.10 bits per heavy atom. The first-order valence-electron chi connectivity index (χ1n) is 6.41. The predicted octanol–water partition coefficient (Wildman–Crippen LogP) is 3.95. The number of rotatable bonds is 3. The molecule has 0 spiro atoms. The van der Waals surface area contributed by atoms with E-state index in [-0.39, 0.29) is 6.10 Å². The van der Waals surface area contributed by atoms with Gasteiger partial charge in [-0.1, -0.05) is 0 Å². The van der Waals surface area contributed by atoms with Gasteiger partial charge in [-0.3, -0.25) is 0 Å². The first-order valence-corrected chi connectivity index (χ1v) is 7.20. The van der Waals surface area contributed by atoms with Crippen LogP contribution in [0.25, 0.3) is 16.9 Å². The van der Waals surface area contributed by atoms with E-state index in [0.717, 1.165) is 27.3 Å². The fourth-order valence-electron chi connectivity index (χ4n) is 2.02.